The molecule has 0 saturated carbocycles. The minimum atomic E-state index is -4.39. The smallest absolute Gasteiger partial charge is 0.462 e. The Morgan fingerprint density at radius 1 is 0.344 bits per heavy atom. The summed E-state index contributed by atoms with van der Waals surface area (Å²) in [6, 6.07) is 0. The Labute approximate surface area is 560 Å². The second-order valence-corrected chi connectivity index (χ2v) is 29.5. The predicted octanol–water partition coefficient (Wildman–Crippen LogP) is 26.0. The molecule has 0 radical (unpaired) electrons. The number of phosphoric acid groups is 1. The van der Waals surface area contributed by atoms with Gasteiger partial charge in [0.1, 0.15) is 19.8 Å². The highest BCUT2D eigenvalue weighted by atomic mass is 31.2. The van der Waals surface area contributed by atoms with Crippen molar-refractivity contribution in [1.82, 2.24) is 0 Å². The second-order valence-electron chi connectivity index (χ2n) is 28.1. The molecule has 0 aliphatic carbocycles. The molecule has 0 heterocycles. The zero-order valence-electron chi connectivity index (χ0n) is 60.7. The highest BCUT2D eigenvalue weighted by molar-refractivity contribution is 7.47. The lowest BCUT2D eigenvalue weighted by Gasteiger charge is -2.24. The van der Waals surface area contributed by atoms with E-state index < -0.39 is 26.5 Å². The molecule has 0 aromatic heterocycles. The maximum Gasteiger partial charge on any atom is 0.472 e. The Morgan fingerprint density at radius 3 is 0.878 bits per heavy atom. The second kappa shape index (κ2) is 71.3. The fourth-order valence-electron chi connectivity index (χ4n) is 11.8. The van der Waals surface area contributed by atoms with Crippen molar-refractivity contribution in [2.75, 3.05) is 47.5 Å². The van der Waals surface area contributed by atoms with Gasteiger partial charge in [0, 0.05) is 12.8 Å². The van der Waals surface area contributed by atoms with Crippen LogP contribution in [0.5, 0.6) is 0 Å². The van der Waals surface area contributed by atoms with E-state index >= 15 is 0 Å². The molecule has 90 heavy (non-hydrogen) atoms. The summed E-state index contributed by atoms with van der Waals surface area (Å²) < 4.78 is 34.8. The molecule has 0 aliphatic rings. The number of rotatable bonds is 74. The molecular weight excluding hydrogens is 1130 g/mol. The number of quaternary nitrogens is 1. The average molecular weight is 1290 g/mol. The van der Waals surface area contributed by atoms with Crippen molar-refractivity contribution >= 4 is 19.8 Å². The molecule has 0 aromatic rings. The van der Waals surface area contributed by atoms with Gasteiger partial charge in [-0.05, 0) is 77.0 Å². The van der Waals surface area contributed by atoms with Crippen molar-refractivity contribution in [3.63, 3.8) is 0 Å². The topological polar surface area (TPSA) is 108 Å². The van der Waals surface area contributed by atoms with Crippen LogP contribution in [0.4, 0.5) is 0 Å². The minimum absolute atomic E-state index is 0.0345. The van der Waals surface area contributed by atoms with Crippen LogP contribution in [0.2, 0.25) is 0 Å². The van der Waals surface area contributed by atoms with E-state index in [9.17, 15) is 19.0 Å². The summed E-state index contributed by atoms with van der Waals surface area (Å²) in [5, 5.41) is 0. The van der Waals surface area contributed by atoms with Crippen LogP contribution in [-0.2, 0) is 32.7 Å². The van der Waals surface area contributed by atoms with Gasteiger partial charge < -0.3 is 18.9 Å². The van der Waals surface area contributed by atoms with E-state index in [1.54, 1.807) is 0 Å². The Balaban J connectivity index is 3.93. The fourth-order valence-corrected chi connectivity index (χ4v) is 12.5. The summed E-state index contributed by atoms with van der Waals surface area (Å²) in [4.78, 5) is 36.0. The van der Waals surface area contributed by atoms with Crippen molar-refractivity contribution in [3.05, 3.63) is 48.6 Å². The van der Waals surface area contributed by atoms with Gasteiger partial charge in [-0.3, -0.25) is 18.6 Å². The number of carbonyl (C=O) groups excluding carboxylic acids is 2. The van der Waals surface area contributed by atoms with Crippen LogP contribution in [0.15, 0.2) is 48.6 Å². The van der Waals surface area contributed by atoms with Gasteiger partial charge in [0.2, 0.25) is 0 Å². The fraction of sp³-hybridized carbons (Fsp3) is 0.875. The van der Waals surface area contributed by atoms with Crippen LogP contribution >= 0.6 is 7.82 Å². The zero-order chi connectivity index (χ0) is 65.5. The molecule has 2 atom stereocenters. The summed E-state index contributed by atoms with van der Waals surface area (Å²) >= 11 is 0. The number of allylic oxidation sites excluding steroid dienone is 8. The molecule has 0 aromatic carbocycles. The molecular formula is C80H153NO8P+. The monoisotopic (exact) mass is 1290 g/mol. The highest BCUT2D eigenvalue weighted by Gasteiger charge is 2.27. The predicted molar refractivity (Wildman–Crippen MR) is 390 cm³/mol. The number of phosphoric ester groups is 1. The van der Waals surface area contributed by atoms with Crippen LogP contribution in [0.1, 0.15) is 399 Å². The zero-order valence-corrected chi connectivity index (χ0v) is 61.5. The van der Waals surface area contributed by atoms with Crippen molar-refractivity contribution in [2.24, 2.45) is 0 Å². The first kappa shape index (κ1) is 88.0. The van der Waals surface area contributed by atoms with Crippen molar-refractivity contribution in [1.29, 1.82) is 0 Å². The highest BCUT2D eigenvalue weighted by Crippen LogP contribution is 2.43. The van der Waals surface area contributed by atoms with E-state index in [1.165, 1.54) is 321 Å². The standard InChI is InChI=1S/C80H152NO8P/c1-6-8-10-12-14-16-18-20-22-24-26-28-30-32-34-36-38-39-40-41-43-45-47-49-51-53-55-57-59-61-63-65-67-69-71-73-80(83)89-78(77-88-90(84,85)87-75-74-81(3,4)5)76-86-79(82)72-70-68-66-64-62-60-58-56-54-52-50-48-46-44-42-37-35-33-31-29-27-25-23-21-19-17-15-13-11-9-7-2/h18-21,24-27,78H,6-17,22-23,28-77H2,1-5H3/p+1/b20-18-,21-19-,26-24-,27-25-. The lowest BCUT2D eigenvalue weighted by Crippen LogP contribution is -2.37. The summed E-state index contributed by atoms with van der Waals surface area (Å²) in [7, 11) is 1.50. The molecule has 0 fully saturated rings. The number of hydrogen-bond acceptors (Lipinski definition) is 7. The van der Waals surface area contributed by atoms with Gasteiger partial charge in [-0.2, -0.15) is 0 Å². The number of likely N-dealkylation sites (N-methyl/N-ethyl adjacent to an activating group) is 1. The van der Waals surface area contributed by atoms with Gasteiger partial charge in [-0.1, -0.05) is 358 Å². The molecule has 0 amide bonds. The van der Waals surface area contributed by atoms with E-state index in [1.807, 2.05) is 21.1 Å². The molecule has 2 unspecified atom stereocenters. The number of carbonyl (C=O) groups is 2. The van der Waals surface area contributed by atoms with Gasteiger partial charge in [-0.15, -0.1) is 0 Å². The van der Waals surface area contributed by atoms with Crippen molar-refractivity contribution in [2.45, 2.75) is 405 Å². The minimum Gasteiger partial charge on any atom is -0.462 e. The summed E-state index contributed by atoms with van der Waals surface area (Å²) in [5.74, 6) is -0.773. The summed E-state index contributed by atoms with van der Waals surface area (Å²) in [6.07, 6.45) is 94.0. The third kappa shape index (κ3) is 75.0. The number of ether oxygens (including phenoxy) is 2. The number of esters is 2. The van der Waals surface area contributed by atoms with Crippen LogP contribution in [0.25, 0.3) is 0 Å². The summed E-state index contributed by atoms with van der Waals surface area (Å²) in [6.45, 7) is 4.49. The van der Waals surface area contributed by atoms with Crippen LogP contribution in [-0.4, -0.2) is 74.9 Å². The van der Waals surface area contributed by atoms with Gasteiger partial charge in [0.25, 0.3) is 0 Å². The van der Waals surface area contributed by atoms with Gasteiger partial charge >= 0.3 is 19.8 Å². The Hall–Kier alpha value is -2.03. The van der Waals surface area contributed by atoms with Crippen LogP contribution in [0.3, 0.4) is 0 Å². The molecule has 0 bridgehead atoms. The summed E-state index contributed by atoms with van der Waals surface area (Å²) in [5.41, 5.74) is 0. The Bertz CT molecular complexity index is 1660. The molecule has 0 saturated heterocycles. The lowest BCUT2D eigenvalue weighted by atomic mass is 10.0. The van der Waals surface area contributed by atoms with E-state index in [0.29, 0.717) is 23.9 Å². The van der Waals surface area contributed by atoms with Gasteiger partial charge in [0.15, 0.2) is 6.10 Å². The molecule has 10 heteroatoms. The number of unbranched alkanes of at least 4 members (excludes halogenated alkanes) is 52. The van der Waals surface area contributed by atoms with Gasteiger partial charge in [0.05, 0.1) is 27.7 Å². The third-order valence-corrected chi connectivity index (χ3v) is 18.8. The molecule has 530 valence electrons. The molecule has 0 aliphatic heterocycles. The molecule has 9 nitrogen and oxygen atoms in total. The molecule has 0 spiro atoms. The maximum atomic E-state index is 12.9. The Kier molecular flexibility index (Phi) is 69.7. The SMILES string of the molecule is CCCCCCC/C=C\C/C=C\CCCCCCCCCCCCCCCCCCCCCCCCCC(=O)OC(COC(=O)CCCCCCCCCCCCCCCCCCCCC/C=C\C/C=C\CCCCCCC)COP(=O)(O)OCC[N+](C)(C)C. The molecule has 1 N–H and O–H groups in total. The van der Waals surface area contributed by atoms with E-state index in [-0.39, 0.29) is 25.6 Å². The van der Waals surface area contributed by atoms with E-state index in [0.717, 1.165) is 44.9 Å². The number of nitrogens with zero attached hydrogens (tertiary/aromatic N) is 1. The van der Waals surface area contributed by atoms with Crippen LogP contribution < -0.4 is 0 Å². The van der Waals surface area contributed by atoms with Crippen molar-refractivity contribution in [3.8, 4) is 0 Å². The first-order valence-corrected chi connectivity index (χ1v) is 40.9. The van der Waals surface area contributed by atoms with E-state index in [4.69, 9.17) is 18.5 Å². The normalized spacial score (nSPS) is 13.3. The van der Waals surface area contributed by atoms with E-state index in [2.05, 4.69) is 62.5 Å². The molecule has 0 rings (SSSR count). The Morgan fingerprint density at radius 2 is 0.600 bits per heavy atom. The first-order valence-electron chi connectivity index (χ1n) is 39.4. The third-order valence-electron chi connectivity index (χ3n) is 17.8. The maximum absolute atomic E-state index is 12.9. The van der Waals surface area contributed by atoms with Crippen molar-refractivity contribution < 1.29 is 42.1 Å². The quantitative estimate of drug-likeness (QED) is 0.0211. The largest absolute Gasteiger partial charge is 0.472 e. The van der Waals surface area contributed by atoms with Gasteiger partial charge in [-0.25, -0.2) is 4.57 Å². The first-order chi connectivity index (χ1) is 44.0. The average Bonchev–Trinajstić information content (AvgIpc) is 3.61. The van der Waals surface area contributed by atoms with Crippen LogP contribution in [0, 0.1) is 0 Å². The lowest BCUT2D eigenvalue weighted by molar-refractivity contribution is -0.870. The number of hydrogen-bond donors (Lipinski definition) is 1.